The van der Waals surface area contributed by atoms with E-state index in [-0.39, 0.29) is 0 Å². The third kappa shape index (κ3) is 4.47. The molecule has 4 nitrogen and oxygen atoms in total. The molecule has 0 aliphatic carbocycles. The van der Waals surface area contributed by atoms with Crippen LogP contribution in [0.3, 0.4) is 0 Å². The number of benzene rings is 2. The number of halogens is 2. The lowest BCUT2D eigenvalue weighted by molar-refractivity contribution is 0.319. The molecular formula is C21H23BrClN3O. The van der Waals surface area contributed by atoms with Crippen molar-refractivity contribution in [3.63, 3.8) is 0 Å². The minimum atomic E-state index is -0.392. The monoisotopic (exact) mass is 447 g/mol. The van der Waals surface area contributed by atoms with Gasteiger partial charge in [-0.15, -0.1) is 0 Å². The average molecular weight is 449 g/mol. The molecule has 0 radical (unpaired) electrons. The number of nitriles is 1. The molecule has 2 aromatic rings. The molecule has 0 spiro atoms. The van der Waals surface area contributed by atoms with E-state index < -0.39 is 5.66 Å². The first-order valence-electron chi connectivity index (χ1n) is 9.07. The van der Waals surface area contributed by atoms with Gasteiger partial charge in [-0.3, -0.25) is 10.6 Å². The van der Waals surface area contributed by atoms with Gasteiger partial charge >= 0.3 is 0 Å². The Morgan fingerprint density at radius 2 is 2.00 bits per heavy atom. The summed E-state index contributed by atoms with van der Waals surface area (Å²) in [4.78, 5) is 0. The van der Waals surface area contributed by atoms with Crippen LogP contribution in [0.15, 0.2) is 40.9 Å². The molecule has 27 heavy (non-hydrogen) atoms. The van der Waals surface area contributed by atoms with Crippen molar-refractivity contribution in [2.75, 3.05) is 20.2 Å². The van der Waals surface area contributed by atoms with Crippen LogP contribution in [0.25, 0.3) is 0 Å². The number of rotatable bonds is 7. The van der Waals surface area contributed by atoms with Gasteiger partial charge in [-0.2, -0.15) is 5.26 Å². The van der Waals surface area contributed by atoms with E-state index in [1.807, 2.05) is 24.3 Å². The quantitative estimate of drug-likeness (QED) is 0.652. The number of nitrogens with one attached hydrogen (secondary N) is 2. The summed E-state index contributed by atoms with van der Waals surface area (Å²) in [6.07, 6.45) is 2.79. The Kier molecular flexibility index (Phi) is 6.78. The summed E-state index contributed by atoms with van der Waals surface area (Å²) in [6, 6.07) is 14.3. The molecule has 0 unspecified atom stereocenters. The van der Waals surface area contributed by atoms with Crippen molar-refractivity contribution in [3.8, 4) is 11.8 Å². The number of aryl methyl sites for hydroxylation is 1. The van der Waals surface area contributed by atoms with Crippen molar-refractivity contribution in [1.82, 2.24) is 10.6 Å². The second-order valence-corrected chi connectivity index (χ2v) is 7.96. The molecule has 2 N–H and O–H groups in total. The van der Waals surface area contributed by atoms with E-state index in [9.17, 15) is 0 Å². The molecule has 0 saturated carbocycles. The summed E-state index contributed by atoms with van der Waals surface area (Å²) in [5, 5.41) is 17.0. The van der Waals surface area contributed by atoms with Crippen LogP contribution in [0.4, 0.5) is 0 Å². The summed E-state index contributed by atoms with van der Waals surface area (Å²) in [7, 11) is 1.69. The molecule has 1 aliphatic rings. The summed E-state index contributed by atoms with van der Waals surface area (Å²) in [5.41, 5.74) is 2.99. The van der Waals surface area contributed by atoms with E-state index in [1.54, 1.807) is 7.11 Å². The zero-order valence-electron chi connectivity index (χ0n) is 15.3. The number of nitrogens with zero attached hydrogens (tertiary/aromatic N) is 1. The maximum absolute atomic E-state index is 9.10. The van der Waals surface area contributed by atoms with E-state index in [1.165, 1.54) is 0 Å². The fourth-order valence-corrected chi connectivity index (χ4v) is 4.45. The van der Waals surface area contributed by atoms with Gasteiger partial charge in [-0.25, -0.2) is 0 Å². The first-order chi connectivity index (χ1) is 13.1. The maximum Gasteiger partial charge on any atom is 0.122 e. The first-order valence-corrected chi connectivity index (χ1v) is 10.2. The Balaban J connectivity index is 1.92. The van der Waals surface area contributed by atoms with Crippen molar-refractivity contribution < 1.29 is 4.74 Å². The number of hydrogen-bond donors (Lipinski definition) is 2. The van der Waals surface area contributed by atoms with Gasteiger partial charge in [-0.1, -0.05) is 39.7 Å². The number of ether oxygens (including phenoxy) is 1. The largest absolute Gasteiger partial charge is 0.496 e. The van der Waals surface area contributed by atoms with Gasteiger partial charge in [0.2, 0.25) is 0 Å². The van der Waals surface area contributed by atoms with Crippen LogP contribution in [0, 0.1) is 11.3 Å². The highest BCUT2D eigenvalue weighted by Crippen LogP contribution is 2.34. The summed E-state index contributed by atoms with van der Waals surface area (Å²) >= 11 is 10.2. The van der Waals surface area contributed by atoms with Gasteiger partial charge in [0.25, 0.3) is 0 Å². The smallest absolute Gasteiger partial charge is 0.122 e. The Bertz CT molecular complexity index is 844. The normalized spacial score (nSPS) is 15.5. The van der Waals surface area contributed by atoms with E-state index >= 15 is 0 Å². The van der Waals surface area contributed by atoms with Gasteiger partial charge in [-0.05, 0) is 60.2 Å². The lowest BCUT2D eigenvalue weighted by atomic mass is 9.88. The van der Waals surface area contributed by atoms with E-state index in [4.69, 9.17) is 21.6 Å². The predicted molar refractivity (Wildman–Crippen MR) is 112 cm³/mol. The molecule has 1 heterocycles. The maximum atomic E-state index is 9.10. The Morgan fingerprint density at radius 3 is 2.70 bits per heavy atom. The van der Waals surface area contributed by atoms with Crippen molar-refractivity contribution in [3.05, 3.63) is 62.6 Å². The fourth-order valence-electron chi connectivity index (χ4n) is 3.77. The van der Waals surface area contributed by atoms with E-state index in [0.717, 1.165) is 57.9 Å². The lowest BCUT2D eigenvalue weighted by Gasteiger charge is -2.32. The third-order valence-electron chi connectivity index (χ3n) is 5.06. The molecule has 1 fully saturated rings. The van der Waals surface area contributed by atoms with Gasteiger partial charge < -0.3 is 4.74 Å². The van der Waals surface area contributed by atoms with E-state index in [2.05, 4.69) is 44.8 Å². The average Bonchev–Trinajstić information content (AvgIpc) is 3.15. The standard InChI is InChI=1S/C21H23BrClN3O/c1-27-20-9-7-16(22)14-15(20)6-8-17-18(4-2-5-19(17)23)21(10-3-11-24)25-12-13-26-21/h2,4-5,7,9,14,25-26H,3,6,8,10,12-13H2,1H3. The highest BCUT2D eigenvalue weighted by molar-refractivity contribution is 9.10. The van der Waals surface area contributed by atoms with Gasteiger partial charge in [0.15, 0.2) is 0 Å². The Labute approximate surface area is 174 Å². The molecule has 2 aromatic carbocycles. The molecular weight excluding hydrogens is 426 g/mol. The zero-order valence-corrected chi connectivity index (χ0v) is 17.7. The fraction of sp³-hybridized carbons (Fsp3) is 0.381. The second kappa shape index (κ2) is 9.07. The van der Waals surface area contributed by atoms with Crippen molar-refractivity contribution in [2.45, 2.75) is 31.3 Å². The van der Waals surface area contributed by atoms with Crippen molar-refractivity contribution in [1.29, 1.82) is 5.26 Å². The SMILES string of the molecule is COc1ccc(Br)cc1CCc1c(Cl)cccc1C1(CCC#N)NCCN1. The highest BCUT2D eigenvalue weighted by atomic mass is 79.9. The summed E-state index contributed by atoms with van der Waals surface area (Å²) < 4.78 is 6.54. The minimum absolute atomic E-state index is 0.392. The first kappa shape index (κ1) is 20.2. The number of hydrogen-bond acceptors (Lipinski definition) is 4. The molecule has 0 amide bonds. The highest BCUT2D eigenvalue weighted by Gasteiger charge is 2.36. The molecule has 0 atom stereocenters. The molecule has 142 valence electrons. The summed E-state index contributed by atoms with van der Waals surface area (Å²) in [6.45, 7) is 1.74. The topological polar surface area (TPSA) is 57.1 Å². The van der Waals surface area contributed by atoms with Crippen LogP contribution in [-0.4, -0.2) is 20.2 Å². The van der Waals surface area contributed by atoms with Crippen LogP contribution in [0.2, 0.25) is 5.02 Å². The zero-order chi connectivity index (χ0) is 19.3. The van der Waals surface area contributed by atoms with Gasteiger partial charge in [0.05, 0.1) is 18.8 Å². The second-order valence-electron chi connectivity index (χ2n) is 6.64. The molecule has 1 aliphatic heterocycles. The molecule has 1 saturated heterocycles. The number of methoxy groups -OCH3 is 1. The van der Waals surface area contributed by atoms with Crippen LogP contribution >= 0.6 is 27.5 Å². The summed E-state index contributed by atoms with van der Waals surface area (Å²) in [5.74, 6) is 0.878. The van der Waals surface area contributed by atoms with Crippen LogP contribution < -0.4 is 15.4 Å². The molecule has 0 aromatic heterocycles. The van der Waals surface area contributed by atoms with Crippen molar-refractivity contribution >= 4 is 27.5 Å². The predicted octanol–water partition coefficient (Wildman–Crippen LogP) is 4.55. The van der Waals surface area contributed by atoms with Crippen LogP contribution in [0.1, 0.15) is 29.5 Å². The Morgan fingerprint density at radius 1 is 1.22 bits per heavy atom. The molecule has 0 bridgehead atoms. The lowest BCUT2D eigenvalue weighted by Crippen LogP contribution is -2.46. The molecule has 3 rings (SSSR count). The van der Waals surface area contributed by atoms with E-state index in [0.29, 0.717) is 12.8 Å². The molecule has 6 heteroatoms. The van der Waals surface area contributed by atoms with Gasteiger partial charge in [0, 0.05) is 29.0 Å². The van der Waals surface area contributed by atoms with Gasteiger partial charge in [0.1, 0.15) is 5.75 Å². The minimum Gasteiger partial charge on any atom is -0.496 e. The Hall–Kier alpha value is -1.58. The third-order valence-corrected chi connectivity index (χ3v) is 5.90. The van der Waals surface area contributed by atoms with Crippen LogP contribution in [0.5, 0.6) is 5.75 Å². The van der Waals surface area contributed by atoms with Crippen molar-refractivity contribution in [2.24, 2.45) is 0 Å². The van der Waals surface area contributed by atoms with Crippen LogP contribution in [-0.2, 0) is 18.5 Å².